The van der Waals surface area contributed by atoms with Gasteiger partial charge in [0.2, 0.25) is 0 Å². The molecule has 7 heteroatoms. The van der Waals surface area contributed by atoms with Crippen LogP contribution < -0.4 is 16.0 Å². The summed E-state index contributed by atoms with van der Waals surface area (Å²) in [5.74, 6) is 0.985. The van der Waals surface area contributed by atoms with Crippen molar-refractivity contribution in [1.29, 1.82) is 0 Å². The molecule has 0 aliphatic carbocycles. The number of carbonyl (C=O) groups excluding carboxylic acids is 1. The Kier molecular flexibility index (Phi) is 12.7. The molecule has 2 rings (SSSR count). The van der Waals surface area contributed by atoms with Crippen LogP contribution in [0.3, 0.4) is 0 Å². The van der Waals surface area contributed by atoms with Gasteiger partial charge in [0.15, 0.2) is 5.96 Å². The highest BCUT2D eigenvalue weighted by molar-refractivity contribution is 14.0. The second kappa shape index (κ2) is 14.8. The minimum absolute atomic E-state index is 0. The van der Waals surface area contributed by atoms with E-state index < -0.39 is 0 Å². The number of benzene rings is 2. The molecule has 3 N–H and O–H groups in total. The maximum absolute atomic E-state index is 12.0. The Bertz CT molecular complexity index is 726. The molecule has 0 bridgehead atoms. The van der Waals surface area contributed by atoms with Crippen molar-refractivity contribution < 1.29 is 9.53 Å². The van der Waals surface area contributed by atoms with Crippen LogP contribution in [0.1, 0.15) is 22.8 Å². The number of guanidine groups is 1. The summed E-state index contributed by atoms with van der Waals surface area (Å²) in [5.41, 5.74) is 1.84. The molecule has 0 aromatic heterocycles. The van der Waals surface area contributed by atoms with E-state index in [0.29, 0.717) is 43.7 Å². The molecule has 0 saturated carbocycles. The predicted octanol–water partition coefficient (Wildman–Crippen LogP) is 3.05. The average molecular weight is 510 g/mol. The first-order valence-corrected chi connectivity index (χ1v) is 9.58. The number of nitrogens with one attached hydrogen (secondary N) is 3. The number of hydrogen-bond donors (Lipinski definition) is 3. The van der Waals surface area contributed by atoms with E-state index in [1.54, 1.807) is 19.2 Å². The molecular formula is C22H31IN4O2. The first-order valence-electron chi connectivity index (χ1n) is 9.58. The number of carbonyl (C=O) groups is 1. The zero-order valence-corrected chi connectivity index (χ0v) is 19.4. The summed E-state index contributed by atoms with van der Waals surface area (Å²) in [6.07, 6.45) is 0. The highest BCUT2D eigenvalue weighted by atomic mass is 127. The molecule has 1 unspecified atom stereocenters. The van der Waals surface area contributed by atoms with Crippen LogP contribution >= 0.6 is 24.0 Å². The Hall–Kier alpha value is -2.13. The van der Waals surface area contributed by atoms with Crippen LogP contribution in [-0.4, -0.2) is 45.2 Å². The number of hydrogen-bond acceptors (Lipinski definition) is 3. The molecule has 0 radical (unpaired) electrons. The second-order valence-corrected chi connectivity index (χ2v) is 6.61. The Labute approximate surface area is 190 Å². The van der Waals surface area contributed by atoms with Gasteiger partial charge in [-0.2, -0.15) is 0 Å². The Morgan fingerprint density at radius 3 is 2.24 bits per heavy atom. The van der Waals surface area contributed by atoms with Crippen LogP contribution in [0.25, 0.3) is 0 Å². The second-order valence-electron chi connectivity index (χ2n) is 6.61. The van der Waals surface area contributed by atoms with Gasteiger partial charge in [-0.3, -0.25) is 9.79 Å². The van der Waals surface area contributed by atoms with Gasteiger partial charge >= 0.3 is 0 Å². The lowest BCUT2D eigenvalue weighted by Gasteiger charge is -2.16. The first-order chi connectivity index (χ1) is 13.7. The van der Waals surface area contributed by atoms with Crippen molar-refractivity contribution in [2.24, 2.45) is 10.9 Å². The monoisotopic (exact) mass is 510 g/mol. The highest BCUT2D eigenvalue weighted by Gasteiger charge is 2.06. The van der Waals surface area contributed by atoms with Gasteiger partial charge in [0, 0.05) is 32.2 Å². The van der Waals surface area contributed by atoms with Gasteiger partial charge in [0.05, 0.1) is 13.2 Å². The highest BCUT2D eigenvalue weighted by Crippen LogP contribution is 2.02. The van der Waals surface area contributed by atoms with Gasteiger partial charge < -0.3 is 20.7 Å². The zero-order valence-electron chi connectivity index (χ0n) is 17.1. The van der Waals surface area contributed by atoms with Gasteiger partial charge in [-0.15, -0.1) is 24.0 Å². The Morgan fingerprint density at radius 2 is 1.59 bits per heavy atom. The number of halogens is 1. The van der Waals surface area contributed by atoms with Crippen LogP contribution in [0.15, 0.2) is 65.7 Å². The number of rotatable bonds is 10. The SMILES string of the molecule is CN=C(NCCNC(=O)c1ccccc1)NCC(C)COCc1ccccc1.I. The minimum atomic E-state index is -0.0745. The fourth-order valence-electron chi connectivity index (χ4n) is 2.55. The number of amides is 1. The van der Waals surface area contributed by atoms with Crippen LogP contribution in [0, 0.1) is 5.92 Å². The third kappa shape index (κ3) is 10.3. The number of ether oxygens (including phenoxy) is 1. The number of nitrogens with zero attached hydrogens (tertiary/aromatic N) is 1. The average Bonchev–Trinajstić information content (AvgIpc) is 2.74. The van der Waals surface area contributed by atoms with E-state index in [-0.39, 0.29) is 29.9 Å². The van der Waals surface area contributed by atoms with E-state index in [2.05, 4.69) is 40.0 Å². The maximum atomic E-state index is 12.0. The van der Waals surface area contributed by atoms with Gasteiger partial charge in [-0.05, 0) is 23.6 Å². The molecule has 158 valence electrons. The molecule has 0 aliphatic rings. The predicted molar refractivity (Wildman–Crippen MR) is 129 cm³/mol. The third-order valence-electron chi connectivity index (χ3n) is 4.09. The summed E-state index contributed by atoms with van der Waals surface area (Å²) >= 11 is 0. The molecule has 0 heterocycles. The molecule has 0 spiro atoms. The van der Waals surface area contributed by atoms with Crippen LogP contribution in [-0.2, 0) is 11.3 Å². The molecule has 0 fully saturated rings. The first kappa shape index (κ1) is 24.9. The largest absolute Gasteiger partial charge is 0.376 e. The molecular weight excluding hydrogens is 479 g/mol. The number of aliphatic imine (C=N–C) groups is 1. The fourth-order valence-corrected chi connectivity index (χ4v) is 2.55. The van der Waals surface area contributed by atoms with E-state index in [4.69, 9.17) is 4.74 Å². The molecule has 1 atom stereocenters. The lowest BCUT2D eigenvalue weighted by molar-refractivity contribution is 0.0930. The van der Waals surface area contributed by atoms with Gasteiger partial charge in [-0.1, -0.05) is 55.5 Å². The van der Waals surface area contributed by atoms with Gasteiger partial charge in [0.25, 0.3) is 5.91 Å². The van der Waals surface area contributed by atoms with E-state index in [9.17, 15) is 4.79 Å². The normalized spacial score (nSPS) is 11.9. The standard InChI is InChI=1S/C22H30N4O2.HI/c1-18(16-28-17-19-9-5-3-6-10-19)15-26-22(23-2)25-14-13-24-21(27)20-11-7-4-8-12-20;/h3-12,18H,13-17H2,1-2H3,(H,24,27)(H2,23,25,26);1H. The Morgan fingerprint density at radius 1 is 0.966 bits per heavy atom. The molecule has 2 aromatic carbocycles. The van der Waals surface area contributed by atoms with Crippen molar-refractivity contribution in [3.05, 3.63) is 71.8 Å². The van der Waals surface area contributed by atoms with E-state index in [1.807, 2.05) is 36.4 Å². The topological polar surface area (TPSA) is 74.8 Å². The molecule has 6 nitrogen and oxygen atoms in total. The third-order valence-corrected chi connectivity index (χ3v) is 4.09. The van der Waals surface area contributed by atoms with Crippen molar-refractivity contribution in [2.45, 2.75) is 13.5 Å². The minimum Gasteiger partial charge on any atom is -0.376 e. The summed E-state index contributed by atoms with van der Waals surface area (Å²) in [6, 6.07) is 19.3. The maximum Gasteiger partial charge on any atom is 0.251 e. The Balaban J connectivity index is 0.00000420. The lowest BCUT2D eigenvalue weighted by Crippen LogP contribution is -2.43. The van der Waals surface area contributed by atoms with E-state index in [1.165, 1.54) is 5.56 Å². The summed E-state index contributed by atoms with van der Waals surface area (Å²) in [5, 5.41) is 9.36. The van der Waals surface area contributed by atoms with E-state index in [0.717, 1.165) is 6.54 Å². The summed E-state index contributed by atoms with van der Waals surface area (Å²) in [7, 11) is 1.73. The van der Waals surface area contributed by atoms with Crippen molar-refractivity contribution in [3.8, 4) is 0 Å². The summed E-state index contributed by atoms with van der Waals surface area (Å²) in [6.45, 7) is 5.29. The molecule has 1 amide bonds. The molecule has 0 aliphatic heterocycles. The van der Waals surface area contributed by atoms with E-state index >= 15 is 0 Å². The van der Waals surface area contributed by atoms with Crippen LogP contribution in [0.4, 0.5) is 0 Å². The van der Waals surface area contributed by atoms with Crippen molar-refractivity contribution in [1.82, 2.24) is 16.0 Å². The van der Waals surface area contributed by atoms with Crippen LogP contribution in [0.2, 0.25) is 0 Å². The lowest BCUT2D eigenvalue weighted by atomic mass is 10.2. The van der Waals surface area contributed by atoms with Crippen molar-refractivity contribution in [2.75, 3.05) is 33.3 Å². The molecule has 0 saturated heterocycles. The summed E-state index contributed by atoms with van der Waals surface area (Å²) in [4.78, 5) is 16.2. The zero-order chi connectivity index (χ0) is 20.0. The molecule has 29 heavy (non-hydrogen) atoms. The van der Waals surface area contributed by atoms with Gasteiger partial charge in [0.1, 0.15) is 0 Å². The molecule has 2 aromatic rings. The van der Waals surface area contributed by atoms with Gasteiger partial charge in [-0.25, -0.2) is 0 Å². The van der Waals surface area contributed by atoms with Crippen molar-refractivity contribution >= 4 is 35.8 Å². The summed E-state index contributed by atoms with van der Waals surface area (Å²) < 4.78 is 5.77. The fraction of sp³-hybridized carbons (Fsp3) is 0.364. The quantitative estimate of drug-likeness (QED) is 0.199. The smallest absolute Gasteiger partial charge is 0.251 e. The van der Waals surface area contributed by atoms with Crippen LogP contribution in [0.5, 0.6) is 0 Å². The van der Waals surface area contributed by atoms with Crippen molar-refractivity contribution in [3.63, 3.8) is 0 Å².